The van der Waals surface area contributed by atoms with Gasteiger partial charge in [0.05, 0.1) is 0 Å². The van der Waals surface area contributed by atoms with Crippen LogP contribution >= 0.6 is 0 Å². The first-order chi connectivity index (χ1) is 7.89. The van der Waals surface area contributed by atoms with Crippen molar-refractivity contribution in [3.05, 3.63) is 0 Å². The smallest absolute Gasteiger partial charge is 0.225 e. The van der Waals surface area contributed by atoms with E-state index in [1.807, 2.05) is 14.1 Å². The van der Waals surface area contributed by atoms with E-state index in [0.29, 0.717) is 23.2 Å². The van der Waals surface area contributed by atoms with Gasteiger partial charge in [0.15, 0.2) is 0 Å². The Morgan fingerprint density at radius 1 is 1.29 bits per heavy atom. The molecule has 1 saturated heterocycles. The summed E-state index contributed by atoms with van der Waals surface area (Å²) in [5.74, 6) is 1.28. The van der Waals surface area contributed by atoms with Crippen LogP contribution in [-0.4, -0.2) is 49.4 Å². The van der Waals surface area contributed by atoms with E-state index in [1.54, 1.807) is 4.90 Å². The van der Waals surface area contributed by atoms with Gasteiger partial charge in [0, 0.05) is 26.6 Å². The van der Waals surface area contributed by atoms with Crippen LogP contribution in [0.3, 0.4) is 0 Å². The minimum atomic E-state index is 0.319. The maximum Gasteiger partial charge on any atom is 0.225 e. The monoisotopic (exact) mass is 238 g/mol. The summed E-state index contributed by atoms with van der Waals surface area (Å²) in [6.07, 6.45) is 3.70. The number of amides is 1. The SMILES string of the molecule is CN(C)C(=O)C1CC1CN1CCC(C)(C)CC1. The van der Waals surface area contributed by atoms with Crippen molar-refractivity contribution in [2.75, 3.05) is 33.7 Å². The van der Waals surface area contributed by atoms with Crippen LogP contribution in [-0.2, 0) is 4.79 Å². The van der Waals surface area contributed by atoms with Gasteiger partial charge in [-0.15, -0.1) is 0 Å². The van der Waals surface area contributed by atoms with E-state index in [1.165, 1.54) is 25.9 Å². The second kappa shape index (κ2) is 4.60. The van der Waals surface area contributed by atoms with E-state index in [-0.39, 0.29) is 0 Å². The number of piperidine rings is 1. The van der Waals surface area contributed by atoms with Crippen LogP contribution in [0.5, 0.6) is 0 Å². The lowest BCUT2D eigenvalue weighted by atomic mass is 9.82. The molecule has 0 aromatic heterocycles. The lowest BCUT2D eigenvalue weighted by Crippen LogP contribution is -2.38. The molecule has 98 valence electrons. The fourth-order valence-electron chi connectivity index (χ4n) is 2.76. The summed E-state index contributed by atoms with van der Waals surface area (Å²) < 4.78 is 0. The van der Waals surface area contributed by atoms with Gasteiger partial charge in [0.25, 0.3) is 0 Å². The molecule has 1 aliphatic heterocycles. The molecule has 0 bridgehead atoms. The van der Waals surface area contributed by atoms with Crippen molar-refractivity contribution in [2.24, 2.45) is 17.3 Å². The molecule has 3 heteroatoms. The second-order valence-electron chi connectivity index (χ2n) is 6.80. The van der Waals surface area contributed by atoms with E-state index in [4.69, 9.17) is 0 Å². The third-order valence-electron chi connectivity index (χ3n) is 4.38. The normalized spacial score (nSPS) is 32.2. The van der Waals surface area contributed by atoms with Crippen LogP contribution < -0.4 is 0 Å². The highest BCUT2D eigenvalue weighted by molar-refractivity contribution is 5.81. The summed E-state index contributed by atoms with van der Waals surface area (Å²) in [4.78, 5) is 16.1. The molecule has 2 aliphatic rings. The van der Waals surface area contributed by atoms with Crippen LogP contribution in [0.25, 0.3) is 0 Å². The number of carbonyl (C=O) groups excluding carboxylic acids is 1. The van der Waals surface area contributed by atoms with E-state index in [0.717, 1.165) is 13.0 Å². The zero-order valence-corrected chi connectivity index (χ0v) is 11.7. The predicted molar refractivity (Wildman–Crippen MR) is 69.7 cm³/mol. The Morgan fingerprint density at radius 2 is 1.88 bits per heavy atom. The molecule has 17 heavy (non-hydrogen) atoms. The fraction of sp³-hybridized carbons (Fsp3) is 0.929. The van der Waals surface area contributed by atoms with E-state index in [2.05, 4.69) is 18.7 Å². The molecule has 1 aliphatic carbocycles. The largest absolute Gasteiger partial charge is 0.349 e. The number of hydrogen-bond donors (Lipinski definition) is 0. The maximum atomic E-state index is 11.8. The first kappa shape index (κ1) is 12.9. The van der Waals surface area contributed by atoms with Gasteiger partial charge in [-0.05, 0) is 43.7 Å². The van der Waals surface area contributed by atoms with Gasteiger partial charge in [-0.3, -0.25) is 4.79 Å². The van der Waals surface area contributed by atoms with Gasteiger partial charge in [-0.1, -0.05) is 13.8 Å². The summed E-state index contributed by atoms with van der Waals surface area (Å²) in [7, 11) is 3.72. The standard InChI is InChI=1S/C14H26N2O/c1-14(2)5-7-16(8-6-14)10-11-9-12(11)13(17)15(3)4/h11-12H,5-10H2,1-4H3. The van der Waals surface area contributed by atoms with Crippen molar-refractivity contribution in [2.45, 2.75) is 33.1 Å². The Balaban J connectivity index is 1.73. The van der Waals surface area contributed by atoms with Gasteiger partial charge < -0.3 is 9.80 Å². The average molecular weight is 238 g/mol. The quantitative estimate of drug-likeness (QED) is 0.749. The lowest BCUT2D eigenvalue weighted by molar-refractivity contribution is -0.130. The van der Waals surface area contributed by atoms with Crippen molar-refractivity contribution in [1.29, 1.82) is 0 Å². The maximum absolute atomic E-state index is 11.8. The second-order valence-corrected chi connectivity index (χ2v) is 6.80. The van der Waals surface area contributed by atoms with E-state index in [9.17, 15) is 4.79 Å². The zero-order chi connectivity index (χ0) is 12.6. The van der Waals surface area contributed by atoms with Crippen LogP contribution in [0.2, 0.25) is 0 Å². The van der Waals surface area contributed by atoms with Crippen LogP contribution in [0.4, 0.5) is 0 Å². The molecule has 0 aromatic rings. The van der Waals surface area contributed by atoms with Gasteiger partial charge in [-0.2, -0.15) is 0 Å². The Morgan fingerprint density at radius 3 is 2.41 bits per heavy atom. The van der Waals surface area contributed by atoms with Crippen molar-refractivity contribution in [1.82, 2.24) is 9.80 Å². The molecule has 3 nitrogen and oxygen atoms in total. The molecular formula is C14H26N2O. The minimum Gasteiger partial charge on any atom is -0.349 e. The Labute approximate surface area is 105 Å². The summed E-state index contributed by atoms with van der Waals surface area (Å²) >= 11 is 0. The third-order valence-corrected chi connectivity index (χ3v) is 4.38. The van der Waals surface area contributed by atoms with E-state index >= 15 is 0 Å². The lowest BCUT2D eigenvalue weighted by Gasteiger charge is -2.37. The van der Waals surface area contributed by atoms with Crippen molar-refractivity contribution in [3.8, 4) is 0 Å². The molecule has 2 rings (SSSR count). The Kier molecular flexibility index (Phi) is 3.48. The van der Waals surface area contributed by atoms with Crippen molar-refractivity contribution < 1.29 is 4.79 Å². The van der Waals surface area contributed by atoms with Gasteiger partial charge >= 0.3 is 0 Å². The highest BCUT2D eigenvalue weighted by atomic mass is 16.2. The molecule has 2 fully saturated rings. The molecule has 0 N–H and O–H groups in total. The van der Waals surface area contributed by atoms with Crippen LogP contribution in [0, 0.1) is 17.3 Å². The van der Waals surface area contributed by atoms with E-state index < -0.39 is 0 Å². The molecule has 0 spiro atoms. The summed E-state index contributed by atoms with van der Waals surface area (Å²) in [5, 5.41) is 0. The highest BCUT2D eigenvalue weighted by Crippen LogP contribution is 2.41. The van der Waals surface area contributed by atoms with Crippen LogP contribution in [0.1, 0.15) is 33.1 Å². The first-order valence-corrected chi connectivity index (χ1v) is 6.82. The molecule has 2 unspecified atom stereocenters. The van der Waals surface area contributed by atoms with Crippen LogP contribution in [0.15, 0.2) is 0 Å². The summed E-state index contributed by atoms with van der Waals surface area (Å²) in [6.45, 7) is 8.29. The Hall–Kier alpha value is -0.570. The Bertz CT molecular complexity index is 289. The molecule has 0 aromatic carbocycles. The molecule has 1 amide bonds. The highest BCUT2D eigenvalue weighted by Gasteiger charge is 2.44. The molecule has 2 atom stereocenters. The number of nitrogens with zero attached hydrogens (tertiary/aromatic N) is 2. The summed E-state index contributed by atoms with van der Waals surface area (Å²) in [6, 6.07) is 0. The van der Waals surface area contributed by atoms with Crippen molar-refractivity contribution in [3.63, 3.8) is 0 Å². The average Bonchev–Trinajstić information content (AvgIpc) is 2.99. The predicted octanol–water partition coefficient (Wildman–Crippen LogP) is 1.83. The molecule has 1 heterocycles. The van der Waals surface area contributed by atoms with Crippen molar-refractivity contribution >= 4 is 5.91 Å². The number of likely N-dealkylation sites (tertiary alicyclic amines) is 1. The zero-order valence-electron chi connectivity index (χ0n) is 11.7. The molecule has 1 saturated carbocycles. The fourth-order valence-corrected chi connectivity index (χ4v) is 2.76. The number of carbonyl (C=O) groups is 1. The number of hydrogen-bond acceptors (Lipinski definition) is 2. The van der Waals surface area contributed by atoms with Gasteiger partial charge in [0.2, 0.25) is 5.91 Å². The number of rotatable bonds is 3. The minimum absolute atomic E-state index is 0.319. The molecular weight excluding hydrogens is 212 g/mol. The van der Waals surface area contributed by atoms with Gasteiger partial charge in [0.1, 0.15) is 0 Å². The molecule has 0 radical (unpaired) electrons. The third kappa shape index (κ3) is 3.21. The van der Waals surface area contributed by atoms with Gasteiger partial charge in [-0.25, -0.2) is 0 Å². The first-order valence-electron chi connectivity index (χ1n) is 6.82. The summed E-state index contributed by atoms with van der Waals surface area (Å²) in [5.41, 5.74) is 0.527. The topological polar surface area (TPSA) is 23.6 Å².